The van der Waals surface area contributed by atoms with Crippen molar-refractivity contribution in [3.8, 4) is 6.07 Å². The molecule has 2 unspecified atom stereocenters. The number of nitrogens with zero attached hydrogens (tertiary/aromatic N) is 2. The first-order valence-corrected chi connectivity index (χ1v) is 6.75. The van der Waals surface area contributed by atoms with Crippen LogP contribution >= 0.6 is 0 Å². The van der Waals surface area contributed by atoms with E-state index < -0.39 is 12.1 Å². The maximum Gasteiger partial charge on any atom is 0.405 e. The van der Waals surface area contributed by atoms with E-state index in [2.05, 4.69) is 5.32 Å². The number of hydrogen-bond donors (Lipinski definition) is 1. The predicted octanol–water partition coefficient (Wildman–Crippen LogP) is 2.40. The summed E-state index contributed by atoms with van der Waals surface area (Å²) in [6.45, 7) is 5.99. The lowest BCUT2D eigenvalue weighted by molar-refractivity contribution is -0.164. The van der Waals surface area contributed by atoms with Crippen molar-refractivity contribution in [2.75, 3.05) is 26.2 Å². The highest BCUT2D eigenvalue weighted by Gasteiger charge is 2.41. The molecule has 0 aliphatic carbocycles. The average Bonchev–Trinajstić information content (AvgIpc) is 2.33. The molecule has 1 aliphatic heterocycles. The zero-order valence-electron chi connectivity index (χ0n) is 11.5. The summed E-state index contributed by atoms with van der Waals surface area (Å²) in [5, 5.41) is 12.0. The van der Waals surface area contributed by atoms with Gasteiger partial charge in [-0.3, -0.25) is 4.90 Å². The van der Waals surface area contributed by atoms with Gasteiger partial charge >= 0.3 is 6.18 Å². The number of piperidine rings is 1. The van der Waals surface area contributed by atoms with Gasteiger partial charge in [0, 0.05) is 19.1 Å². The molecule has 0 amide bonds. The van der Waals surface area contributed by atoms with Crippen molar-refractivity contribution in [2.24, 2.45) is 11.8 Å². The van der Waals surface area contributed by atoms with Crippen LogP contribution in [0.5, 0.6) is 0 Å². The number of halogens is 3. The van der Waals surface area contributed by atoms with Crippen LogP contribution in [0.4, 0.5) is 13.2 Å². The molecule has 0 aromatic heterocycles. The third-order valence-corrected chi connectivity index (χ3v) is 3.59. The molecule has 19 heavy (non-hydrogen) atoms. The van der Waals surface area contributed by atoms with Gasteiger partial charge in [-0.1, -0.05) is 0 Å². The minimum atomic E-state index is -4.44. The fraction of sp³-hybridized carbons (Fsp3) is 0.923. The molecular weight excluding hydrogens is 255 g/mol. The lowest BCUT2D eigenvalue weighted by Gasteiger charge is -2.34. The van der Waals surface area contributed by atoms with Crippen LogP contribution in [0.25, 0.3) is 0 Å². The van der Waals surface area contributed by atoms with Gasteiger partial charge in [0.25, 0.3) is 0 Å². The summed E-state index contributed by atoms with van der Waals surface area (Å²) in [5.41, 5.74) is 0. The van der Waals surface area contributed by atoms with E-state index in [9.17, 15) is 13.2 Å². The molecule has 2 atom stereocenters. The van der Waals surface area contributed by atoms with Crippen molar-refractivity contribution in [3.05, 3.63) is 0 Å². The standard InChI is InChI=1S/C13H22F3N3/c1-10(2)19(8-11-4-3-5-18-7-11)9-12(6-17)13(14,15)16/h10-12,18H,3-5,7-9H2,1-2H3. The van der Waals surface area contributed by atoms with E-state index in [0.29, 0.717) is 12.5 Å². The quantitative estimate of drug-likeness (QED) is 0.838. The average molecular weight is 277 g/mol. The molecule has 1 saturated heterocycles. The first kappa shape index (κ1) is 16.3. The van der Waals surface area contributed by atoms with Crippen LogP contribution in [-0.4, -0.2) is 43.3 Å². The molecule has 3 nitrogen and oxygen atoms in total. The topological polar surface area (TPSA) is 39.1 Å². The van der Waals surface area contributed by atoms with E-state index in [1.165, 1.54) is 6.07 Å². The molecule has 1 fully saturated rings. The molecule has 1 rings (SSSR count). The molecule has 110 valence electrons. The van der Waals surface area contributed by atoms with E-state index in [1.807, 2.05) is 13.8 Å². The zero-order valence-corrected chi connectivity index (χ0v) is 11.5. The minimum absolute atomic E-state index is 0.0140. The van der Waals surface area contributed by atoms with Crippen molar-refractivity contribution in [3.63, 3.8) is 0 Å². The summed E-state index contributed by atoms with van der Waals surface area (Å²) in [5.74, 6) is -1.52. The molecule has 0 aromatic carbocycles. The Morgan fingerprint density at radius 3 is 2.53 bits per heavy atom. The Morgan fingerprint density at radius 1 is 1.42 bits per heavy atom. The highest BCUT2D eigenvalue weighted by atomic mass is 19.4. The first-order chi connectivity index (χ1) is 8.84. The molecule has 0 aromatic rings. The minimum Gasteiger partial charge on any atom is -0.316 e. The van der Waals surface area contributed by atoms with Crippen LogP contribution in [0.3, 0.4) is 0 Å². The van der Waals surface area contributed by atoms with E-state index in [0.717, 1.165) is 25.9 Å². The summed E-state index contributed by atoms with van der Waals surface area (Å²) in [6.07, 6.45) is -2.33. The Bertz CT molecular complexity index is 303. The van der Waals surface area contributed by atoms with Crippen LogP contribution in [0.15, 0.2) is 0 Å². The van der Waals surface area contributed by atoms with Gasteiger partial charge in [0.05, 0.1) is 6.07 Å². The smallest absolute Gasteiger partial charge is 0.316 e. The number of nitrogens with one attached hydrogen (secondary N) is 1. The van der Waals surface area contributed by atoms with Crippen LogP contribution in [0.2, 0.25) is 0 Å². The van der Waals surface area contributed by atoms with E-state index >= 15 is 0 Å². The largest absolute Gasteiger partial charge is 0.405 e. The Labute approximate surface area is 112 Å². The Kier molecular flexibility index (Phi) is 6.08. The highest BCUT2D eigenvalue weighted by molar-refractivity contribution is 4.91. The van der Waals surface area contributed by atoms with Crippen LogP contribution in [0, 0.1) is 23.2 Å². The van der Waals surface area contributed by atoms with Crippen LogP contribution < -0.4 is 5.32 Å². The first-order valence-electron chi connectivity index (χ1n) is 6.75. The second kappa shape index (κ2) is 7.11. The molecule has 0 spiro atoms. The predicted molar refractivity (Wildman–Crippen MR) is 67.5 cm³/mol. The number of rotatable bonds is 5. The summed E-state index contributed by atoms with van der Waals surface area (Å²) in [4.78, 5) is 1.78. The summed E-state index contributed by atoms with van der Waals surface area (Å²) in [7, 11) is 0. The van der Waals surface area contributed by atoms with Gasteiger partial charge in [-0.25, -0.2) is 0 Å². The van der Waals surface area contributed by atoms with Gasteiger partial charge in [0.2, 0.25) is 0 Å². The van der Waals surface area contributed by atoms with Crippen LogP contribution in [0.1, 0.15) is 26.7 Å². The summed E-state index contributed by atoms with van der Waals surface area (Å²) >= 11 is 0. The van der Waals surface area contributed by atoms with Crippen LogP contribution in [-0.2, 0) is 0 Å². The van der Waals surface area contributed by atoms with Gasteiger partial charge < -0.3 is 5.32 Å². The van der Waals surface area contributed by atoms with Crippen molar-refractivity contribution < 1.29 is 13.2 Å². The van der Waals surface area contributed by atoms with Gasteiger partial charge in [0.15, 0.2) is 5.92 Å². The van der Waals surface area contributed by atoms with Crippen molar-refractivity contribution in [1.29, 1.82) is 5.26 Å². The van der Waals surface area contributed by atoms with Gasteiger partial charge in [0.1, 0.15) is 0 Å². The molecule has 6 heteroatoms. The lowest BCUT2D eigenvalue weighted by Crippen LogP contribution is -2.45. The monoisotopic (exact) mass is 277 g/mol. The maximum absolute atomic E-state index is 12.7. The van der Waals surface area contributed by atoms with Gasteiger partial charge in [-0.15, -0.1) is 0 Å². The van der Waals surface area contributed by atoms with Crippen molar-refractivity contribution in [1.82, 2.24) is 10.2 Å². The third-order valence-electron chi connectivity index (χ3n) is 3.59. The second-order valence-corrected chi connectivity index (χ2v) is 5.48. The third kappa shape index (κ3) is 5.37. The zero-order chi connectivity index (χ0) is 14.5. The normalized spacial score (nSPS) is 22.5. The molecule has 1 aliphatic rings. The molecule has 0 radical (unpaired) electrons. The fourth-order valence-electron chi connectivity index (χ4n) is 2.36. The van der Waals surface area contributed by atoms with E-state index in [4.69, 9.17) is 5.26 Å². The summed E-state index contributed by atoms with van der Waals surface area (Å²) < 4.78 is 38.0. The van der Waals surface area contributed by atoms with Crippen molar-refractivity contribution in [2.45, 2.75) is 38.9 Å². The van der Waals surface area contributed by atoms with E-state index in [1.54, 1.807) is 4.90 Å². The molecule has 0 saturated carbocycles. The maximum atomic E-state index is 12.7. The van der Waals surface area contributed by atoms with Crippen molar-refractivity contribution >= 4 is 0 Å². The fourth-order valence-corrected chi connectivity index (χ4v) is 2.36. The lowest BCUT2D eigenvalue weighted by atomic mass is 9.97. The number of nitriles is 1. The Morgan fingerprint density at radius 2 is 2.11 bits per heavy atom. The number of hydrogen-bond acceptors (Lipinski definition) is 3. The number of alkyl halides is 3. The Hall–Kier alpha value is -0.800. The van der Waals surface area contributed by atoms with Gasteiger partial charge in [-0.2, -0.15) is 18.4 Å². The molecule has 1 heterocycles. The SMILES string of the molecule is CC(C)N(CC1CCCNC1)CC(C#N)C(F)(F)F. The molecule has 1 N–H and O–H groups in total. The summed E-state index contributed by atoms with van der Waals surface area (Å²) in [6, 6.07) is 1.40. The highest BCUT2D eigenvalue weighted by Crippen LogP contribution is 2.27. The Balaban J connectivity index is 2.59. The second-order valence-electron chi connectivity index (χ2n) is 5.48. The molecule has 0 bridgehead atoms. The molecular formula is C13H22F3N3. The van der Waals surface area contributed by atoms with Gasteiger partial charge in [-0.05, 0) is 45.7 Å². The van der Waals surface area contributed by atoms with E-state index in [-0.39, 0.29) is 12.6 Å².